The van der Waals surface area contributed by atoms with Crippen LogP contribution in [0.15, 0.2) is 36.7 Å². The number of nitrogens with one attached hydrogen (secondary N) is 1. The highest BCUT2D eigenvalue weighted by molar-refractivity contribution is 5.79. The number of carbonyl (C=O) groups is 1. The van der Waals surface area contributed by atoms with Crippen molar-refractivity contribution in [1.82, 2.24) is 19.8 Å². The first-order valence-corrected chi connectivity index (χ1v) is 7.66. The maximum absolute atomic E-state index is 12.6. The van der Waals surface area contributed by atoms with E-state index in [1.807, 2.05) is 23.2 Å². The van der Waals surface area contributed by atoms with Crippen LogP contribution in [-0.2, 0) is 11.2 Å². The van der Waals surface area contributed by atoms with Crippen LogP contribution in [0, 0.1) is 6.92 Å². The molecule has 1 fully saturated rings. The van der Waals surface area contributed by atoms with Crippen LogP contribution >= 0.6 is 0 Å². The lowest BCUT2D eigenvalue weighted by atomic mass is 10.1. The first kappa shape index (κ1) is 14.8. The van der Waals surface area contributed by atoms with E-state index < -0.39 is 0 Å². The summed E-state index contributed by atoms with van der Waals surface area (Å²) in [6.07, 6.45) is 4.06. The van der Waals surface area contributed by atoms with E-state index in [-0.39, 0.29) is 11.9 Å². The van der Waals surface area contributed by atoms with Gasteiger partial charge in [0.05, 0.1) is 12.5 Å². The lowest BCUT2D eigenvalue weighted by Crippen LogP contribution is -2.49. The molecule has 0 radical (unpaired) electrons. The molecule has 1 atom stereocenters. The van der Waals surface area contributed by atoms with Crippen molar-refractivity contribution in [3.63, 3.8) is 0 Å². The molecule has 0 saturated carbocycles. The van der Waals surface area contributed by atoms with Crippen molar-refractivity contribution in [1.29, 1.82) is 0 Å². The van der Waals surface area contributed by atoms with Gasteiger partial charge in [0, 0.05) is 32.0 Å². The van der Waals surface area contributed by atoms with Crippen molar-refractivity contribution in [2.45, 2.75) is 19.4 Å². The van der Waals surface area contributed by atoms with Crippen molar-refractivity contribution in [3.05, 3.63) is 53.6 Å². The number of hydrogen-bond donors (Lipinski definition) is 1. The maximum atomic E-state index is 12.6. The van der Waals surface area contributed by atoms with Crippen LogP contribution in [0.3, 0.4) is 0 Å². The van der Waals surface area contributed by atoms with E-state index in [0.717, 1.165) is 24.5 Å². The summed E-state index contributed by atoms with van der Waals surface area (Å²) < 4.78 is 0. The van der Waals surface area contributed by atoms with Crippen molar-refractivity contribution in [2.75, 3.05) is 26.7 Å². The van der Waals surface area contributed by atoms with Gasteiger partial charge in [-0.3, -0.25) is 9.69 Å². The van der Waals surface area contributed by atoms with Crippen LogP contribution in [-0.4, -0.2) is 52.4 Å². The lowest BCUT2D eigenvalue weighted by molar-refractivity contribution is -0.133. The zero-order chi connectivity index (χ0) is 15.5. The molecular weight excluding hydrogens is 276 g/mol. The minimum atomic E-state index is 0.144. The molecule has 0 unspecified atom stereocenters. The number of aromatic amines is 1. The highest BCUT2D eigenvalue weighted by Crippen LogP contribution is 2.21. The quantitative estimate of drug-likeness (QED) is 0.939. The predicted octanol–water partition coefficient (Wildman–Crippen LogP) is 1.78. The molecule has 0 spiro atoms. The Morgan fingerprint density at radius 2 is 2.09 bits per heavy atom. The SMILES string of the molecule is Cc1ccc(CC(=O)N2CCN(C)[C@@H](c3ncc[nH]3)C2)cc1. The molecule has 0 bridgehead atoms. The summed E-state index contributed by atoms with van der Waals surface area (Å²) in [7, 11) is 2.08. The smallest absolute Gasteiger partial charge is 0.227 e. The Kier molecular flexibility index (Phi) is 4.24. The zero-order valence-corrected chi connectivity index (χ0v) is 13.1. The number of hydrogen-bond acceptors (Lipinski definition) is 3. The van der Waals surface area contributed by atoms with Crippen LogP contribution < -0.4 is 0 Å². The molecule has 5 nitrogen and oxygen atoms in total. The van der Waals surface area contributed by atoms with Gasteiger partial charge in [0.15, 0.2) is 0 Å². The average molecular weight is 298 g/mol. The second-order valence-electron chi connectivity index (χ2n) is 5.97. The largest absolute Gasteiger partial charge is 0.347 e. The molecule has 1 aliphatic heterocycles. The highest BCUT2D eigenvalue weighted by Gasteiger charge is 2.29. The molecule has 0 aliphatic carbocycles. The van der Waals surface area contributed by atoms with Gasteiger partial charge in [-0.05, 0) is 19.5 Å². The minimum Gasteiger partial charge on any atom is -0.347 e. The standard InChI is InChI=1S/C17H22N4O/c1-13-3-5-14(6-4-13)11-16(22)21-10-9-20(2)15(12-21)17-18-7-8-19-17/h3-8,15H,9-12H2,1-2H3,(H,18,19)/t15-/m1/s1. The number of imidazole rings is 1. The molecule has 1 saturated heterocycles. The number of likely N-dealkylation sites (N-methyl/N-ethyl adjacent to an activating group) is 1. The number of benzene rings is 1. The summed E-state index contributed by atoms with van der Waals surface area (Å²) in [6, 6.07) is 8.32. The molecule has 1 aliphatic rings. The van der Waals surface area contributed by atoms with Crippen molar-refractivity contribution in [2.24, 2.45) is 0 Å². The summed E-state index contributed by atoms with van der Waals surface area (Å²) in [4.78, 5) is 24.3. The fourth-order valence-corrected chi connectivity index (χ4v) is 2.85. The third-order valence-electron chi connectivity index (χ3n) is 4.31. The van der Waals surface area contributed by atoms with Crippen LogP contribution in [0.4, 0.5) is 0 Å². The molecule has 2 aromatic rings. The topological polar surface area (TPSA) is 52.2 Å². The maximum Gasteiger partial charge on any atom is 0.227 e. The van der Waals surface area contributed by atoms with E-state index in [2.05, 4.69) is 41.0 Å². The normalized spacial score (nSPS) is 19.4. The third-order valence-corrected chi connectivity index (χ3v) is 4.31. The van der Waals surface area contributed by atoms with Gasteiger partial charge in [-0.15, -0.1) is 0 Å². The van der Waals surface area contributed by atoms with Gasteiger partial charge < -0.3 is 9.88 Å². The molecule has 1 aromatic heterocycles. The fraction of sp³-hybridized carbons (Fsp3) is 0.412. The number of amides is 1. The monoisotopic (exact) mass is 298 g/mol. The van der Waals surface area contributed by atoms with Crippen LogP contribution in [0.2, 0.25) is 0 Å². The number of piperazine rings is 1. The molecule has 1 N–H and O–H groups in total. The number of H-pyrrole nitrogens is 1. The van der Waals surface area contributed by atoms with Crippen LogP contribution in [0.1, 0.15) is 23.0 Å². The molecular formula is C17H22N4O. The number of aryl methyl sites for hydroxylation is 1. The first-order chi connectivity index (χ1) is 10.6. The van der Waals surface area contributed by atoms with Crippen LogP contribution in [0.25, 0.3) is 0 Å². The summed E-state index contributed by atoms with van der Waals surface area (Å²) in [5.41, 5.74) is 2.29. The number of carbonyl (C=O) groups excluding carboxylic acids is 1. The van der Waals surface area contributed by atoms with Gasteiger partial charge in [0.2, 0.25) is 5.91 Å². The molecule has 3 rings (SSSR count). The van der Waals surface area contributed by atoms with E-state index in [4.69, 9.17) is 0 Å². The Hall–Kier alpha value is -2.14. The predicted molar refractivity (Wildman–Crippen MR) is 85.4 cm³/mol. The molecule has 22 heavy (non-hydrogen) atoms. The van der Waals surface area contributed by atoms with Gasteiger partial charge in [0.1, 0.15) is 5.82 Å². The molecule has 116 valence electrons. The van der Waals surface area contributed by atoms with Gasteiger partial charge in [-0.1, -0.05) is 29.8 Å². The van der Waals surface area contributed by atoms with Crippen LogP contribution in [0.5, 0.6) is 0 Å². The summed E-state index contributed by atoms with van der Waals surface area (Å²) in [5, 5.41) is 0. The Labute approximate surface area is 131 Å². The Morgan fingerprint density at radius 3 is 2.77 bits per heavy atom. The van der Waals surface area contributed by atoms with Gasteiger partial charge in [-0.25, -0.2) is 4.98 Å². The van der Waals surface area contributed by atoms with E-state index in [9.17, 15) is 4.79 Å². The Balaban J connectivity index is 1.66. The van der Waals surface area contributed by atoms with E-state index in [1.165, 1.54) is 5.56 Å². The van der Waals surface area contributed by atoms with Crippen molar-refractivity contribution < 1.29 is 4.79 Å². The lowest BCUT2D eigenvalue weighted by Gasteiger charge is -2.38. The van der Waals surface area contributed by atoms with Gasteiger partial charge >= 0.3 is 0 Å². The summed E-state index contributed by atoms with van der Waals surface area (Å²) >= 11 is 0. The first-order valence-electron chi connectivity index (χ1n) is 7.66. The average Bonchev–Trinajstić information content (AvgIpc) is 3.04. The third kappa shape index (κ3) is 3.20. The van der Waals surface area contributed by atoms with Crippen molar-refractivity contribution in [3.8, 4) is 0 Å². The Bertz CT molecular complexity index is 621. The zero-order valence-electron chi connectivity index (χ0n) is 13.1. The minimum absolute atomic E-state index is 0.144. The fourth-order valence-electron chi connectivity index (χ4n) is 2.85. The Morgan fingerprint density at radius 1 is 1.32 bits per heavy atom. The highest BCUT2D eigenvalue weighted by atomic mass is 16.2. The van der Waals surface area contributed by atoms with E-state index >= 15 is 0 Å². The second-order valence-corrected chi connectivity index (χ2v) is 5.97. The molecule has 1 amide bonds. The molecule has 1 aromatic carbocycles. The summed E-state index contributed by atoms with van der Waals surface area (Å²) in [5.74, 6) is 1.11. The molecule has 2 heterocycles. The van der Waals surface area contributed by atoms with E-state index in [1.54, 1.807) is 6.20 Å². The van der Waals surface area contributed by atoms with E-state index in [0.29, 0.717) is 13.0 Å². The van der Waals surface area contributed by atoms with Crippen molar-refractivity contribution >= 4 is 5.91 Å². The van der Waals surface area contributed by atoms with Gasteiger partial charge in [0.25, 0.3) is 0 Å². The summed E-state index contributed by atoms with van der Waals surface area (Å²) in [6.45, 7) is 4.39. The molecule has 5 heteroatoms. The number of aromatic nitrogens is 2. The van der Waals surface area contributed by atoms with Gasteiger partial charge in [-0.2, -0.15) is 0 Å². The number of nitrogens with zero attached hydrogens (tertiary/aromatic N) is 3. The second kappa shape index (κ2) is 6.32. The number of rotatable bonds is 3.